The van der Waals surface area contributed by atoms with Crippen molar-refractivity contribution in [3.8, 4) is 0 Å². The van der Waals surface area contributed by atoms with Crippen molar-refractivity contribution in [3.63, 3.8) is 0 Å². The minimum atomic E-state index is 0.0697. The molecule has 2 aromatic rings. The molecule has 0 spiro atoms. The summed E-state index contributed by atoms with van der Waals surface area (Å²) in [6.45, 7) is 5.46. The molecule has 3 rings (SSSR count). The molecule has 2 N–H and O–H groups in total. The molecule has 6 nitrogen and oxygen atoms in total. The number of likely N-dealkylation sites (tertiary alicyclic amines) is 1. The maximum Gasteiger partial charge on any atom is 0.279 e. The fraction of sp³-hybridized carbons (Fsp3) is 0.529. The molecule has 2 aromatic heterocycles. The van der Waals surface area contributed by atoms with Gasteiger partial charge in [0.1, 0.15) is 6.04 Å². The predicted octanol–water partition coefficient (Wildman–Crippen LogP) is 0.734. The summed E-state index contributed by atoms with van der Waals surface area (Å²) in [4.78, 5) is 13.9. The smallest absolute Gasteiger partial charge is 0.279 e. The molecule has 1 saturated heterocycles. The summed E-state index contributed by atoms with van der Waals surface area (Å²) in [5.41, 5.74) is 4.03. The third-order valence-electron chi connectivity index (χ3n) is 4.99. The van der Waals surface area contributed by atoms with Crippen molar-refractivity contribution >= 4 is 11.6 Å². The van der Waals surface area contributed by atoms with E-state index in [0.717, 1.165) is 30.0 Å². The van der Waals surface area contributed by atoms with Gasteiger partial charge in [-0.2, -0.15) is 5.10 Å². The van der Waals surface area contributed by atoms with Gasteiger partial charge in [0.05, 0.1) is 29.3 Å². The number of aryl methyl sites for hydroxylation is 3. The Morgan fingerprint density at radius 2 is 2.22 bits per heavy atom. The summed E-state index contributed by atoms with van der Waals surface area (Å²) in [5, 5.41) is 7.41. The van der Waals surface area contributed by atoms with E-state index in [4.69, 9.17) is 0 Å². The highest BCUT2D eigenvalue weighted by Gasteiger charge is 2.33. The maximum absolute atomic E-state index is 12.5. The Labute approximate surface area is 137 Å². The zero-order valence-corrected chi connectivity index (χ0v) is 14.4. The molecule has 124 valence electrons. The van der Waals surface area contributed by atoms with E-state index in [9.17, 15) is 4.79 Å². The van der Waals surface area contributed by atoms with Crippen molar-refractivity contribution in [2.75, 3.05) is 18.4 Å². The van der Waals surface area contributed by atoms with Gasteiger partial charge >= 0.3 is 0 Å². The van der Waals surface area contributed by atoms with Crippen LogP contribution >= 0.6 is 0 Å². The second kappa shape index (κ2) is 6.20. The average molecular weight is 316 g/mol. The van der Waals surface area contributed by atoms with E-state index in [2.05, 4.69) is 40.4 Å². The number of hydrogen-bond donors (Lipinski definition) is 2. The molecule has 0 aromatic carbocycles. The lowest BCUT2D eigenvalue weighted by Gasteiger charge is -2.21. The average Bonchev–Trinajstić information content (AvgIpc) is 3.16. The third kappa shape index (κ3) is 3.03. The molecule has 1 aliphatic rings. The summed E-state index contributed by atoms with van der Waals surface area (Å²) in [5.74, 6) is 0.0697. The molecule has 1 unspecified atom stereocenters. The molecule has 1 fully saturated rings. The third-order valence-corrected chi connectivity index (χ3v) is 4.99. The van der Waals surface area contributed by atoms with Gasteiger partial charge < -0.3 is 14.8 Å². The fourth-order valence-electron chi connectivity index (χ4n) is 3.66. The number of nitrogens with one attached hydrogen (secondary N) is 2. The Kier molecular flexibility index (Phi) is 4.26. The molecule has 1 aliphatic heterocycles. The van der Waals surface area contributed by atoms with Crippen LogP contribution in [-0.4, -0.2) is 33.3 Å². The SMILES string of the molecule is Cc1nn(C)c(C)c1NC(=O)C[NH+]1CCC[C@H]1c1cccn1C. The molecule has 0 aliphatic carbocycles. The number of hydrogen-bond acceptors (Lipinski definition) is 2. The van der Waals surface area contributed by atoms with Crippen LogP contribution in [0.4, 0.5) is 5.69 Å². The van der Waals surface area contributed by atoms with Crippen molar-refractivity contribution in [3.05, 3.63) is 35.4 Å². The van der Waals surface area contributed by atoms with Crippen molar-refractivity contribution in [2.24, 2.45) is 14.1 Å². The van der Waals surface area contributed by atoms with E-state index < -0.39 is 0 Å². The van der Waals surface area contributed by atoms with Crippen LogP contribution in [0, 0.1) is 13.8 Å². The van der Waals surface area contributed by atoms with Crippen molar-refractivity contribution in [1.29, 1.82) is 0 Å². The first-order valence-corrected chi connectivity index (χ1v) is 8.23. The van der Waals surface area contributed by atoms with E-state index in [1.165, 1.54) is 17.0 Å². The van der Waals surface area contributed by atoms with E-state index in [0.29, 0.717) is 12.6 Å². The number of aromatic nitrogens is 3. The second-order valence-electron chi connectivity index (χ2n) is 6.54. The molecule has 2 atom stereocenters. The molecule has 3 heterocycles. The first kappa shape index (κ1) is 15.8. The van der Waals surface area contributed by atoms with Gasteiger partial charge in [0, 0.05) is 33.1 Å². The minimum Gasteiger partial charge on any atom is -0.350 e. The highest BCUT2D eigenvalue weighted by atomic mass is 16.2. The Balaban J connectivity index is 1.69. The van der Waals surface area contributed by atoms with Crippen LogP contribution in [0.15, 0.2) is 18.3 Å². The predicted molar refractivity (Wildman–Crippen MR) is 89.4 cm³/mol. The number of nitrogens with zero attached hydrogens (tertiary/aromatic N) is 3. The van der Waals surface area contributed by atoms with Gasteiger partial charge in [-0.25, -0.2) is 0 Å². The van der Waals surface area contributed by atoms with Crippen molar-refractivity contribution < 1.29 is 9.69 Å². The zero-order valence-electron chi connectivity index (χ0n) is 14.4. The highest BCUT2D eigenvalue weighted by molar-refractivity contribution is 5.92. The quantitative estimate of drug-likeness (QED) is 0.874. The Morgan fingerprint density at radius 1 is 1.43 bits per heavy atom. The van der Waals surface area contributed by atoms with Crippen LogP contribution in [0.3, 0.4) is 0 Å². The highest BCUT2D eigenvalue weighted by Crippen LogP contribution is 2.20. The van der Waals surface area contributed by atoms with Crippen molar-refractivity contribution in [1.82, 2.24) is 14.3 Å². The summed E-state index contributed by atoms with van der Waals surface area (Å²) in [6.07, 6.45) is 4.39. The minimum absolute atomic E-state index is 0.0697. The normalized spacial score (nSPS) is 20.9. The van der Waals surface area contributed by atoms with E-state index in [1.54, 1.807) is 4.68 Å². The number of anilines is 1. The van der Waals surface area contributed by atoms with Gasteiger partial charge in [0.25, 0.3) is 5.91 Å². The Hall–Kier alpha value is -2.08. The van der Waals surface area contributed by atoms with Crippen LogP contribution in [0.5, 0.6) is 0 Å². The molecule has 0 saturated carbocycles. The van der Waals surface area contributed by atoms with E-state index in [1.807, 2.05) is 20.9 Å². The van der Waals surface area contributed by atoms with Crippen LogP contribution in [0.2, 0.25) is 0 Å². The molecule has 1 amide bonds. The summed E-state index contributed by atoms with van der Waals surface area (Å²) in [7, 11) is 3.98. The molecule has 0 bridgehead atoms. The van der Waals surface area contributed by atoms with Gasteiger partial charge in [0.15, 0.2) is 6.54 Å². The number of carbonyl (C=O) groups excluding carboxylic acids is 1. The second-order valence-corrected chi connectivity index (χ2v) is 6.54. The molecule has 6 heteroatoms. The molecule has 23 heavy (non-hydrogen) atoms. The first-order chi connectivity index (χ1) is 11.0. The van der Waals surface area contributed by atoms with Crippen molar-refractivity contribution in [2.45, 2.75) is 32.7 Å². The standard InChI is InChI=1S/C17H25N5O/c1-12-17(13(2)21(4)19-12)18-16(23)11-22-10-6-8-15(22)14-7-5-9-20(14)3/h5,7,9,15H,6,8,10-11H2,1-4H3,(H,18,23)/p+1/t15-/m0/s1. The largest absolute Gasteiger partial charge is 0.350 e. The van der Waals surface area contributed by atoms with Gasteiger partial charge in [-0.1, -0.05) is 0 Å². The number of carbonyl (C=O) groups is 1. The lowest BCUT2D eigenvalue weighted by molar-refractivity contribution is -0.910. The Bertz CT molecular complexity index is 715. The summed E-state index contributed by atoms with van der Waals surface area (Å²) in [6, 6.07) is 4.66. The summed E-state index contributed by atoms with van der Waals surface area (Å²) < 4.78 is 3.98. The first-order valence-electron chi connectivity index (χ1n) is 8.23. The topological polar surface area (TPSA) is 56.3 Å². The van der Waals surface area contributed by atoms with Crippen LogP contribution < -0.4 is 10.2 Å². The van der Waals surface area contributed by atoms with E-state index >= 15 is 0 Å². The maximum atomic E-state index is 12.5. The van der Waals surface area contributed by atoms with Gasteiger partial charge in [-0.05, 0) is 26.0 Å². The van der Waals surface area contributed by atoms with Crippen LogP contribution in [0.1, 0.15) is 36.0 Å². The lowest BCUT2D eigenvalue weighted by Crippen LogP contribution is -3.11. The Morgan fingerprint density at radius 3 is 2.83 bits per heavy atom. The number of quaternary nitrogens is 1. The van der Waals surface area contributed by atoms with Gasteiger partial charge in [-0.15, -0.1) is 0 Å². The lowest BCUT2D eigenvalue weighted by atomic mass is 10.1. The summed E-state index contributed by atoms with van der Waals surface area (Å²) >= 11 is 0. The van der Waals surface area contributed by atoms with Gasteiger partial charge in [-0.3, -0.25) is 9.48 Å². The number of amides is 1. The fourth-order valence-corrected chi connectivity index (χ4v) is 3.66. The monoisotopic (exact) mass is 316 g/mol. The molecule has 0 radical (unpaired) electrons. The van der Waals surface area contributed by atoms with Crippen LogP contribution in [-0.2, 0) is 18.9 Å². The molecular weight excluding hydrogens is 290 g/mol. The van der Waals surface area contributed by atoms with Gasteiger partial charge in [0.2, 0.25) is 0 Å². The zero-order chi connectivity index (χ0) is 16.6. The van der Waals surface area contributed by atoms with Crippen LogP contribution in [0.25, 0.3) is 0 Å². The van der Waals surface area contributed by atoms with E-state index in [-0.39, 0.29) is 5.91 Å². The number of rotatable bonds is 4. The molecular formula is C17H26N5O+.